The number of benzene rings is 1. The Morgan fingerprint density at radius 2 is 2.06 bits per heavy atom. The number of hydrazone groups is 1. The lowest BCUT2D eigenvalue weighted by atomic mass is 10.1. The van der Waals surface area contributed by atoms with Gasteiger partial charge in [-0.05, 0) is 29.9 Å². The summed E-state index contributed by atoms with van der Waals surface area (Å²) in [5, 5.41) is 6.13. The van der Waals surface area contributed by atoms with Crippen LogP contribution in [0.1, 0.15) is 27.2 Å². The molecule has 2 aromatic rings. The minimum Gasteiger partial charge on any atom is -0.266 e. The van der Waals surface area contributed by atoms with Gasteiger partial charge in [0.15, 0.2) is 0 Å². The van der Waals surface area contributed by atoms with E-state index in [1.54, 1.807) is 6.07 Å². The first-order chi connectivity index (χ1) is 8.84. The first-order valence-corrected chi connectivity index (χ1v) is 6.71. The average molecular weight is 256 g/mol. The number of carbonyl (C=O) groups excluding carboxylic acids is 1. The van der Waals surface area contributed by atoms with E-state index in [4.69, 9.17) is 0 Å². The van der Waals surface area contributed by atoms with Crippen LogP contribution in [0.4, 0.5) is 0 Å². The third-order valence-corrected chi connectivity index (χ3v) is 3.87. The molecule has 3 nitrogen and oxygen atoms in total. The van der Waals surface area contributed by atoms with Crippen LogP contribution in [-0.2, 0) is 6.42 Å². The average Bonchev–Trinajstić information content (AvgIpc) is 3.06. The fourth-order valence-electron chi connectivity index (χ4n) is 2.10. The molecule has 4 heteroatoms. The number of nitrogens with one attached hydrogen (secondary N) is 1. The molecule has 1 heterocycles. The molecule has 1 amide bonds. The molecular formula is C14H12N2OS. The van der Waals surface area contributed by atoms with Crippen LogP contribution in [0.2, 0.25) is 0 Å². The molecule has 0 bridgehead atoms. The van der Waals surface area contributed by atoms with Gasteiger partial charge in [0, 0.05) is 5.56 Å². The van der Waals surface area contributed by atoms with Gasteiger partial charge in [0.05, 0.1) is 10.6 Å². The van der Waals surface area contributed by atoms with E-state index >= 15 is 0 Å². The number of thiophene rings is 1. The van der Waals surface area contributed by atoms with Crippen LogP contribution in [-0.4, -0.2) is 11.6 Å². The monoisotopic (exact) mass is 256 g/mol. The van der Waals surface area contributed by atoms with Crippen molar-refractivity contribution in [3.05, 3.63) is 57.8 Å². The Labute approximate surface area is 109 Å². The molecular weight excluding hydrogens is 244 g/mol. The molecule has 3 rings (SSSR count). The van der Waals surface area contributed by atoms with Crippen molar-refractivity contribution >= 4 is 23.0 Å². The molecule has 90 valence electrons. The maximum atomic E-state index is 11.8. The lowest BCUT2D eigenvalue weighted by molar-refractivity contribution is 0.0959. The van der Waals surface area contributed by atoms with Crippen molar-refractivity contribution in [1.82, 2.24) is 5.43 Å². The highest BCUT2D eigenvalue weighted by Crippen LogP contribution is 2.21. The fourth-order valence-corrected chi connectivity index (χ4v) is 2.72. The second kappa shape index (κ2) is 4.74. The van der Waals surface area contributed by atoms with E-state index in [-0.39, 0.29) is 5.91 Å². The Balaban J connectivity index is 1.77. The predicted molar refractivity (Wildman–Crippen MR) is 73.1 cm³/mol. The number of rotatable bonds is 2. The smallest absolute Gasteiger partial charge is 0.266 e. The molecule has 0 unspecified atom stereocenters. The summed E-state index contributed by atoms with van der Waals surface area (Å²) in [7, 11) is 0. The first kappa shape index (κ1) is 11.2. The highest BCUT2D eigenvalue weighted by molar-refractivity contribution is 7.12. The molecule has 0 radical (unpaired) electrons. The Kier molecular flexibility index (Phi) is 2.94. The van der Waals surface area contributed by atoms with E-state index in [0.717, 1.165) is 24.1 Å². The minimum absolute atomic E-state index is 0.137. The van der Waals surface area contributed by atoms with Gasteiger partial charge in [0.2, 0.25) is 0 Å². The lowest BCUT2D eigenvalue weighted by Crippen LogP contribution is -2.18. The number of fused-ring (bicyclic) bond motifs is 1. The molecule has 1 N–H and O–H groups in total. The predicted octanol–water partition coefficient (Wildman–Crippen LogP) is 2.83. The summed E-state index contributed by atoms with van der Waals surface area (Å²) in [6.45, 7) is 0. The lowest BCUT2D eigenvalue weighted by Gasteiger charge is -2.00. The second-order valence-electron chi connectivity index (χ2n) is 4.13. The normalized spacial score (nSPS) is 15.7. The molecule has 18 heavy (non-hydrogen) atoms. The summed E-state index contributed by atoms with van der Waals surface area (Å²) in [6.07, 6.45) is 1.90. The van der Waals surface area contributed by atoms with Crippen molar-refractivity contribution in [2.24, 2.45) is 5.10 Å². The van der Waals surface area contributed by atoms with Gasteiger partial charge in [-0.3, -0.25) is 4.79 Å². The van der Waals surface area contributed by atoms with Gasteiger partial charge in [0.25, 0.3) is 5.91 Å². The third kappa shape index (κ3) is 2.07. The van der Waals surface area contributed by atoms with E-state index in [9.17, 15) is 4.79 Å². The van der Waals surface area contributed by atoms with Gasteiger partial charge in [-0.25, -0.2) is 5.43 Å². The Hall–Kier alpha value is -1.94. The zero-order valence-corrected chi connectivity index (χ0v) is 10.5. The number of hydrogen-bond donors (Lipinski definition) is 1. The van der Waals surface area contributed by atoms with Crippen molar-refractivity contribution in [3.63, 3.8) is 0 Å². The summed E-state index contributed by atoms with van der Waals surface area (Å²) in [5.74, 6) is -0.137. The molecule has 0 saturated heterocycles. The summed E-state index contributed by atoms with van der Waals surface area (Å²) in [5.41, 5.74) is 6.06. The van der Waals surface area contributed by atoms with Gasteiger partial charge in [-0.1, -0.05) is 30.3 Å². The van der Waals surface area contributed by atoms with Crippen LogP contribution < -0.4 is 5.43 Å². The van der Waals surface area contributed by atoms with E-state index in [1.165, 1.54) is 16.9 Å². The second-order valence-corrected chi connectivity index (χ2v) is 5.08. The Morgan fingerprint density at radius 3 is 2.89 bits per heavy atom. The molecule has 1 aliphatic rings. The zero-order chi connectivity index (χ0) is 12.4. The van der Waals surface area contributed by atoms with Crippen molar-refractivity contribution in [3.8, 4) is 0 Å². The van der Waals surface area contributed by atoms with Crippen LogP contribution in [0.15, 0.2) is 46.9 Å². The highest BCUT2D eigenvalue weighted by atomic mass is 32.1. The Morgan fingerprint density at radius 1 is 1.17 bits per heavy atom. The first-order valence-electron chi connectivity index (χ1n) is 5.83. The molecule has 1 aromatic heterocycles. The van der Waals surface area contributed by atoms with E-state index < -0.39 is 0 Å². The minimum atomic E-state index is -0.137. The summed E-state index contributed by atoms with van der Waals surface area (Å²) in [6, 6.07) is 11.9. The number of amides is 1. The van der Waals surface area contributed by atoms with Crippen LogP contribution >= 0.6 is 11.3 Å². The van der Waals surface area contributed by atoms with Gasteiger partial charge in [-0.15, -0.1) is 11.3 Å². The molecule has 0 fully saturated rings. The number of aryl methyl sites for hydroxylation is 1. The Bertz CT molecular complexity index is 602. The third-order valence-electron chi connectivity index (χ3n) is 3.00. The zero-order valence-electron chi connectivity index (χ0n) is 9.72. The van der Waals surface area contributed by atoms with Gasteiger partial charge in [-0.2, -0.15) is 5.10 Å². The molecule has 1 aliphatic carbocycles. The standard InChI is InChI=1S/C14H12N2OS/c17-14(13-6-3-9-18-13)16-15-12-8-7-10-4-1-2-5-11(10)12/h1-6,9H,7-8H2,(H,16,17)/b15-12+. The molecule has 0 saturated carbocycles. The van der Waals surface area contributed by atoms with Crippen LogP contribution in [0.5, 0.6) is 0 Å². The van der Waals surface area contributed by atoms with Gasteiger partial charge < -0.3 is 0 Å². The summed E-state index contributed by atoms with van der Waals surface area (Å²) in [4.78, 5) is 12.5. The topological polar surface area (TPSA) is 41.5 Å². The largest absolute Gasteiger partial charge is 0.281 e. The van der Waals surface area contributed by atoms with E-state index in [0.29, 0.717) is 4.88 Å². The summed E-state index contributed by atoms with van der Waals surface area (Å²) >= 11 is 1.42. The molecule has 0 aliphatic heterocycles. The van der Waals surface area contributed by atoms with Crippen LogP contribution in [0, 0.1) is 0 Å². The molecule has 0 spiro atoms. The fraction of sp³-hybridized carbons (Fsp3) is 0.143. The quantitative estimate of drug-likeness (QED) is 0.825. The SMILES string of the molecule is O=C(N/N=C1\CCc2ccccc21)c1cccs1. The van der Waals surface area contributed by atoms with Gasteiger partial charge in [0.1, 0.15) is 0 Å². The number of hydrogen-bond acceptors (Lipinski definition) is 3. The molecule has 0 atom stereocenters. The molecule has 1 aromatic carbocycles. The van der Waals surface area contributed by atoms with E-state index in [2.05, 4.69) is 22.7 Å². The van der Waals surface area contributed by atoms with Crippen LogP contribution in [0.25, 0.3) is 0 Å². The highest BCUT2D eigenvalue weighted by Gasteiger charge is 2.17. The van der Waals surface area contributed by atoms with Crippen molar-refractivity contribution in [1.29, 1.82) is 0 Å². The maximum absolute atomic E-state index is 11.8. The van der Waals surface area contributed by atoms with Crippen molar-refractivity contribution in [2.75, 3.05) is 0 Å². The van der Waals surface area contributed by atoms with Crippen molar-refractivity contribution in [2.45, 2.75) is 12.8 Å². The van der Waals surface area contributed by atoms with Crippen molar-refractivity contribution < 1.29 is 4.79 Å². The number of carbonyl (C=O) groups is 1. The van der Waals surface area contributed by atoms with Gasteiger partial charge >= 0.3 is 0 Å². The maximum Gasteiger partial charge on any atom is 0.281 e. The summed E-state index contributed by atoms with van der Waals surface area (Å²) < 4.78 is 0. The van der Waals surface area contributed by atoms with E-state index in [1.807, 2.05) is 23.6 Å². The van der Waals surface area contributed by atoms with Crippen LogP contribution in [0.3, 0.4) is 0 Å². The number of nitrogens with zero attached hydrogens (tertiary/aromatic N) is 1.